The number of hydrogen-bond acceptors (Lipinski definition) is 6. The predicted molar refractivity (Wildman–Crippen MR) is 93.8 cm³/mol. The van der Waals surface area contributed by atoms with Crippen LogP contribution in [0, 0.1) is 5.92 Å². The average Bonchev–Trinajstić information content (AvgIpc) is 2.68. The third-order valence-corrected chi connectivity index (χ3v) is 5.06. The normalized spacial score (nSPS) is 21.4. The quantitative estimate of drug-likeness (QED) is 0.798. The SMILES string of the molecule is COc1nccc(OC2CCCN(C(=O)C3CCN(C(C)=O)CC3)C2)n1. The van der Waals surface area contributed by atoms with Crippen molar-refractivity contribution in [3.8, 4) is 11.9 Å². The zero-order chi connectivity index (χ0) is 18.5. The van der Waals surface area contributed by atoms with Crippen molar-refractivity contribution < 1.29 is 19.1 Å². The fraction of sp³-hybridized carbons (Fsp3) is 0.667. The van der Waals surface area contributed by atoms with Gasteiger partial charge in [-0.05, 0) is 25.7 Å². The Morgan fingerprint density at radius 3 is 2.62 bits per heavy atom. The zero-order valence-corrected chi connectivity index (χ0v) is 15.4. The highest BCUT2D eigenvalue weighted by Crippen LogP contribution is 2.23. The van der Waals surface area contributed by atoms with E-state index < -0.39 is 0 Å². The van der Waals surface area contributed by atoms with Crippen LogP contribution in [0.2, 0.25) is 0 Å². The molecule has 2 fully saturated rings. The summed E-state index contributed by atoms with van der Waals surface area (Å²) in [5.74, 6) is 0.735. The Morgan fingerprint density at radius 2 is 1.92 bits per heavy atom. The first-order valence-electron chi connectivity index (χ1n) is 9.15. The fourth-order valence-corrected chi connectivity index (χ4v) is 3.59. The maximum Gasteiger partial charge on any atom is 0.319 e. The Morgan fingerprint density at radius 1 is 1.15 bits per heavy atom. The molecule has 1 unspecified atom stereocenters. The highest BCUT2D eigenvalue weighted by Gasteiger charge is 2.32. The predicted octanol–water partition coefficient (Wildman–Crippen LogP) is 1.11. The first-order valence-corrected chi connectivity index (χ1v) is 9.15. The lowest BCUT2D eigenvalue weighted by Gasteiger charge is -2.37. The zero-order valence-electron chi connectivity index (χ0n) is 15.4. The molecule has 8 heteroatoms. The molecule has 2 saturated heterocycles. The summed E-state index contributed by atoms with van der Waals surface area (Å²) in [5.41, 5.74) is 0. The minimum Gasteiger partial charge on any atom is -0.472 e. The van der Waals surface area contributed by atoms with E-state index in [1.54, 1.807) is 19.2 Å². The van der Waals surface area contributed by atoms with E-state index in [0.717, 1.165) is 32.2 Å². The molecule has 0 bridgehead atoms. The fourth-order valence-electron chi connectivity index (χ4n) is 3.59. The molecule has 2 aliphatic rings. The molecular formula is C18H26N4O4. The standard InChI is InChI=1S/C18H26N4O4/c1-13(23)21-10-6-14(7-11-21)17(24)22-9-3-4-15(12-22)26-16-5-8-19-18(20-16)25-2/h5,8,14-15H,3-4,6-7,9-12H2,1-2H3. The number of carbonyl (C=O) groups is 2. The number of amides is 2. The van der Waals surface area contributed by atoms with Gasteiger partial charge in [0.1, 0.15) is 6.10 Å². The summed E-state index contributed by atoms with van der Waals surface area (Å²) in [4.78, 5) is 36.1. The van der Waals surface area contributed by atoms with Gasteiger partial charge in [0.2, 0.25) is 17.7 Å². The number of nitrogens with zero attached hydrogens (tertiary/aromatic N) is 4. The number of aromatic nitrogens is 2. The van der Waals surface area contributed by atoms with E-state index in [4.69, 9.17) is 9.47 Å². The second-order valence-electron chi connectivity index (χ2n) is 6.83. The van der Waals surface area contributed by atoms with Gasteiger partial charge in [0.25, 0.3) is 0 Å². The van der Waals surface area contributed by atoms with E-state index in [9.17, 15) is 9.59 Å². The van der Waals surface area contributed by atoms with Crippen molar-refractivity contribution in [3.63, 3.8) is 0 Å². The van der Waals surface area contributed by atoms with Crippen LogP contribution < -0.4 is 9.47 Å². The van der Waals surface area contributed by atoms with E-state index >= 15 is 0 Å². The van der Waals surface area contributed by atoms with Gasteiger partial charge in [-0.15, -0.1) is 0 Å². The summed E-state index contributed by atoms with van der Waals surface area (Å²) < 4.78 is 10.9. The molecule has 3 heterocycles. The third kappa shape index (κ3) is 4.42. The molecule has 1 aromatic heterocycles. The lowest BCUT2D eigenvalue weighted by atomic mass is 9.94. The molecule has 26 heavy (non-hydrogen) atoms. The smallest absolute Gasteiger partial charge is 0.319 e. The largest absolute Gasteiger partial charge is 0.472 e. The van der Waals surface area contributed by atoms with Crippen LogP contribution in [0.3, 0.4) is 0 Å². The van der Waals surface area contributed by atoms with Crippen molar-refractivity contribution in [3.05, 3.63) is 12.3 Å². The number of methoxy groups -OCH3 is 1. The number of rotatable bonds is 4. The Bertz CT molecular complexity index is 646. The molecule has 0 N–H and O–H groups in total. The van der Waals surface area contributed by atoms with Gasteiger partial charge in [-0.3, -0.25) is 9.59 Å². The van der Waals surface area contributed by atoms with E-state index in [2.05, 4.69) is 9.97 Å². The van der Waals surface area contributed by atoms with E-state index in [-0.39, 0.29) is 29.8 Å². The maximum absolute atomic E-state index is 12.8. The third-order valence-electron chi connectivity index (χ3n) is 5.06. The summed E-state index contributed by atoms with van der Waals surface area (Å²) in [6.45, 7) is 4.24. The number of ether oxygens (including phenoxy) is 2. The van der Waals surface area contributed by atoms with Gasteiger partial charge in [0.05, 0.1) is 13.7 Å². The molecule has 2 aliphatic heterocycles. The molecule has 0 radical (unpaired) electrons. The van der Waals surface area contributed by atoms with Crippen LogP contribution in [0.15, 0.2) is 12.3 Å². The topological polar surface area (TPSA) is 84.9 Å². The van der Waals surface area contributed by atoms with Gasteiger partial charge in [0.15, 0.2) is 0 Å². The van der Waals surface area contributed by atoms with Crippen LogP contribution in [0.5, 0.6) is 11.9 Å². The second kappa shape index (κ2) is 8.33. The first-order chi connectivity index (χ1) is 12.6. The molecule has 8 nitrogen and oxygen atoms in total. The summed E-state index contributed by atoms with van der Waals surface area (Å²) in [7, 11) is 1.51. The molecule has 1 aromatic rings. The number of likely N-dealkylation sites (tertiary alicyclic amines) is 2. The van der Waals surface area contributed by atoms with Gasteiger partial charge in [-0.2, -0.15) is 4.98 Å². The summed E-state index contributed by atoms with van der Waals surface area (Å²) in [6, 6.07) is 1.96. The summed E-state index contributed by atoms with van der Waals surface area (Å²) in [6.07, 6.45) is 4.79. The molecule has 0 aromatic carbocycles. The lowest BCUT2D eigenvalue weighted by Crippen LogP contribution is -2.49. The van der Waals surface area contributed by atoms with Crippen LogP contribution in [-0.4, -0.2) is 71.0 Å². The Kier molecular flexibility index (Phi) is 5.90. The lowest BCUT2D eigenvalue weighted by molar-refractivity contribution is -0.142. The summed E-state index contributed by atoms with van der Waals surface area (Å²) in [5, 5.41) is 0. The van der Waals surface area contributed by atoms with Crippen molar-refractivity contribution in [2.75, 3.05) is 33.3 Å². The monoisotopic (exact) mass is 362 g/mol. The minimum absolute atomic E-state index is 0.00324. The molecular weight excluding hydrogens is 336 g/mol. The van der Waals surface area contributed by atoms with Gasteiger partial charge < -0.3 is 19.3 Å². The molecule has 1 atom stereocenters. The van der Waals surface area contributed by atoms with Crippen LogP contribution >= 0.6 is 0 Å². The van der Waals surface area contributed by atoms with Crippen molar-refractivity contribution in [2.24, 2.45) is 5.92 Å². The highest BCUT2D eigenvalue weighted by atomic mass is 16.5. The first kappa shape index (κ1) is 18.4. The highest BCUT2D eigenvalue weighted by molar-refractivity contribution is 5.80. The minimum atomic E-state index is -0.0791. The Hall–Kier alpha value is -2.38. The molecule has 0 spiro atoms. The average molecular weight is 362 g/mol. The van der Waals surface area contributed by atoms with Crippen LogP contribution in [-0.2, 0) is 9.59 Å². The van der Waals surface area contributed by atoms with Gasteiger partial charge >= 0.3 is 6.01 Å². The van der Waals surface area contributed by atoms with Crippen molar-refractivity contribution >= 4 is 11.8 Å². The Balaban J connectivity index is 1.54. The van der Waals surface area contributed by atoms with Crippen molar-refractivity contribution in [1.29, 1.82) is 0 Å². The number of carbonyl (C=O) groups excluding carboxylic acids is 2. The number of piperidine rings is 2. The molecule has 3 rings (SSSR count). The van der Waals surface area contributed by atoms with E-state index in [1.165, 1.54) is 7.11 Å². The van der Waals surface area contributed by atoms with Crippen molar-refractivity contribution in [2.45, 2.75) is 38.7 Å². The molecule has 142 valence electrons. The van der Waals surface area contributed by atoms with Crippen LogP contribution in [0.25, 0.3) is 0 Å². The van der Waals surface area contributed by atoms with Gasteiger partial charge in [0, 0.05) is 44.7 Å². The van der Waals surface area contributed by atoms with E-state index in [0.29, 0.717) is 25.5 Å². The molecule has 0 aliphatic carbocycles. The van der Waals surface area contributed by atoms with Crippen LogP contribution in [0.1, 0.15) is 32.6 Å². The van der Waals surface area contributed by atoms with Crippen LogP contribution in [0.4, 0.5) is 0 Å². The van der Waals surface area contributed by atoms with Gasteiger partial charge in [-0.1, -0.05) is 0 Å². The van der Waals surface area contributed by atoms with Crippen molar-refractivity contribution in [1.82, 2.24) is 19.8 Å². The Labute approximate surface area is 153 Å². The second-order valence-corrected chi connectivity index (χ2v) is 6.83. The molecule has 2 amide bonds. The maximum atomic E-state index is 12.8. The summed E-state index contributed by atoms with van der Waals surface area (Å²) >= 11 is 0. The van der Waals surface area contributed by atoms with E-state index in [1.807, 2.05) is 9.80 Å². The number of hydrogen-bond donors (Lipinski definition) is 0. The van der Waals surface area contributed by atoms with Gasteiger partial charge in [-0.25, -0.2) is 4.98 Å². The molecule has 0 saturated carbocycles.